The van der Waals surface area contributed by atoms with Gasteiger partial charge in [-0.3, -0.25) is 4.79 Å². The van der Waals surface area contributed by atoms with Crippen molar-refractivity contribution >= 4 is 17.6 Å². The Balaban J connectivity index is 2.79. The van der Waals surface area contributed by atoms with Gasteiger partial charge in [0, 0.05) is 5.69 Å². The molecular formula is C13H18N2O3. The molecule has 5 nitrogen and oxygen atoms in total. The van der Waals surface area contributed by atoms with Gasteiger partial charge in [0.05, 0.1) is 18.7 Å². The van der Waals surface area contributed by atoms with Crippen LogP contribution in [0, 0.1) is 5.92 Å². The zero-order chi connectivity index (χ0) is 13.7. The van der Waals surface area contributed by atoms with E-state index in [0.29, 0.717) is 11.3 Å². The van der Waals surface area contributed by atoms with Crippen LogP contribution in [0.2, 0.25) is 0 Å². The van der Waals surface area contributed by atoms with Gasteiger partial charge in [0.25, 0.3) is 0 Å². The van der Waals surface area contributed by atoms with Gasteiger partial charge >= 0.3 is 5.97 Å². The van der Waals surface area contributed by atoms with Crippen LogP contribution < -0.4 is 11.1 Å². The van der Waals surface area contributed by atoms with Crippen LogP contribution in [-0.4, -0.2) is 25.0 Å². The van der Waals surface area contributed by atoms with Crippen LogP contribution in [0.3, 0.4) is 0 Å². The second-order valence-electron chi connectivity index (χ2n) is 4.33. The molecule has 1 rings (SSSR count). The number of benzene rings is 1. The number of rotatable bonds is 4. The lowest BCUT2D eigenvalue weighted by Gasteiger charge is -2.15. The molecule has 0 saturated heterocycles. The van der Waals surface area contributed by atoms with E-state index in [4.69, 9.17) is 5.73 Å². The molecule has 1 atom stereocenters. The lowest BCUT2D eigenvalue weighted by atomic mass is 10.0. The highest BCUT2D eigenvalue weighted by Crippen LogP contribution is 2.12. The Hall–Kier alpha value is -1.88. The Morgan fingerprint density at radius 3 is 2.56 bits per heavy atom. The molecule has 1 aromatic rings. The van der Waals surface area contributed by atoms with Crippen LogP contribution in [0.4, 0.5) is 5.69 Å². The molecule has 0 radical (unpaired) electrons. The third kappa shape index (κ3) is 3.56. The molecule has 0 aliphatic rings. The van der Waals surface area contributed by atoms with Gasteiger partial charge in [-0.25, -0.2) is 4.79 Å². The number of amides is 1. The van der Waals surface area contributed by atoms with Crippen molar-refractivity contribution < 1.29 is 14.3 Å². The third-order valence-electron chi connectivity index (χ3n) is 2.57. The number of methoxy groups -OCH3 is 1. The van der Waals surface area contributed by atoms with E-state index in [-0.39, 0.29) is 11.8 Å². The minimum atomic E-state index is -0.577. The third-order valence-corrected chi connectivity index (χ3v) is 2.57. The fourth-order valence-electron chi connectivity index (χ4n) is 1.37. The summed E-state index contributed by atoms with van der Waals surface area (Å²) in [5, 5.41) is 2.67. The highest BCUT2D eigenvalue weighted by molar-refractivity contribution is 5.96. The molecule has 5 heteroatoms. The number of nitrogens with one attached hydrogen (secondary N) is 1. The molecule has 0 aromatic heterocycles. The summed E-state index contributed by atoms with van der Waals surface area (Å²) in [4.78, 5) is 23.1. The second kappa shape index (κ2) is 6.16. The number of nitrogens with two attached hydrogens (primary N) is 1. The average molecular weight is 250 g/mol. The van der Waals surface area contributed by atoms with Crippen molar-refractivity contribution in [3.05, 3.63) is 29.8 Å². The first kappa shape index (κ1) is 14.2. The Morgan fingerprint density at radius 1 is 1.33 bits per heavy atom. The van der Waals surface area contributed by atoms with Gasteiger partial charge in [0.1, 0.15) is 0 Å². The van der Waals surface area contributed by atoms with Gasteiger partial charge in [-0.2, -0.15) is 0 Å². The van der Waals surface area contributed by atoms with E-state index in [2.05, 4.69) is 10.1 Å². The van der Waals surface area contributed by atoms with Crippen molar-refractivity contribution in [1.82, 2.24) is 0 Å². The van der Waals surface area contributed by atoms with Crippen LogP contribution in [-0.2, 0) is 9.53 Å². The van der Waals surface area contributed by atoms with Gasteiger partial charge in [-0.15, -0.1) is 0 Å². The molecule has 1 amide bonds. The predicted octanol–water partition coefficient (Wildman–Crippen LogP) is 1.39. The Labute approximate surface area is 106 Å². The van der Waals surface area contributed by atoms with Crippen LogP contribution in [0.25, 0.3) is 0 Å². The van der Waals surface area contributed by atoms with E-state index in [1.165, 1.54) is 7.11 Å². The summed E-state index contributed by atoms with van der Waals surface area (Å²) in [5.74, 6) is -0.667. The smallest absolute Gasteiger partial charge is 0.337 e. The SMILES string of the molecule is COC(=O)c1cccc(NC(=O)[C@H](N)C(C)C)c1. The lowest BCUT2D eigenvalue weighted by Crippen LogP contribution is -2.39. The van der Waals surface area contributed by atoms with E-state index in [0.717, 1.165) is 0 Å². The Bertz CT molecular complexity index is 444. The van der Waals surface area contributed by atoms with E-state index >= 15 is 0 Å². The van der Waals surface area contributed by atoms with Gasteiger partial charge in [-0.05, 0) is 24.1 Å². The van der Waals surface area contributed by atoms with Crippen molar-refractivity contribution in [3.8, 4) is 0 Å². The van der Waals surface area contributed by atoms with Crippen LogP contribution >= 0.6 is 0 Å². The summed E-state index contributed by atoms with van der Waals surface area (Å²) in [6.07, 6.45) is 0. The molecule has 0 aliphatic heterocycles. The fraction of sp³-hybridized carbons (Fsp3) is 0.385. The number of hydrogen-bond donors (Lipinski definition) is 2. The molecule has 1 aromatic carbocycles. The zero-order valence-corrected chi connectivity index (χ0v) is 10.8. The van der Waals surface area contributed by atoms with Gasteiger partial charge in [-0.1, -0.05) is 19.9 Å². The van der Waals surface area contributed by atoms with E-state index in [9.17, 15) is 9.59 Å². The standard InChI is InChI=1S/C13H18N2O3/c1-8(2)11(14)12(16)15-10-6-4-5-9(7-10)13(17)18-3/h4-8,11H,14H2,1-3H3,(H,15,16)/t11-/m1/s1. The first-order valence-electron chi connectivity index (χ1n) is 5.70. The Morgan fingerprint density at radius 2 is 2.00 bits per heavy atom. The average Bonchev–Trinajstić information content (AvgIpc) is 2.36. The number of carbonyl (C=O) groups is 2. The molecule has 0 heterocycles. The zero-order valence-electron chi connectivity index (χ0n) is 10.8. The van der Waals surface area contributed by atoms with E-state index in [1.54, 1.807) is 24.3 Å². The minimum absolute atomic E-state index is 0.0498. The lowest BCUT2D eigenvalue weighted by molar-refractivity contribution is -0.118. The van der Waals surface area contributed by atoms with Crippen molar-refractivity contribution in [2.45, 2.75) is 19.9 Å². The maximum absolute atomic E-state index is 11.8. The molecular weight excluding hydrogens is 232 g/mol. The summed E-state index contributed by atoms with van der Waals surface area (Å²) < 4.78 is 4.61. The summed E-state index contributed by atoms with van der Waals surface area (Å²) in [6, 6.07) is 5.95. The molecule has 3 N–H and O–H groups in total. The molecule has 18 heavy (non-hydrogen) atoms. The number of esters is 1. The maximum Gasteiger partial charge on any atom is 0.337 e. The number of carbonyl (C=O) groups excluding carboxylic acids is 2. The first-order chi connectivity index (χ1) is 8.45. The highest BCUT2D eigenvalue weighted by Gasteiger charge is 2.17. The normalized spacial score (nSPS) is 12.1. The van der Waals surface area contributed by atoms with Gasteiger partial charge < -0.3 is 15.8 Å². The van der Waals surface area contributed by atoms with Crippen LogP contribution in [0.1, 0.15) is 24.2 Å². The molecule has 0 spiro atoms. The van der Waals surface area contributed by atoms with Gasteiger partial charge in [0.15, 0.2) is 0 Å². The number of ether oxygens (including phenoxy) is 1. The van der Waals surface area contributed by atoms with Crippen molar-refractivity contribution in [2.75, 3.05) is 12.4 Å². The summed E-state index contributed by atoms with van der Waals surface area (Å²) in [6.45, 7) is 3.74. The van der Waals surface area contributed by atoms with Crippen LogP contribution in [0.15, 0.2) is 24.3 Å². The quantitative estimate of drug-likeness (QED) is 0.791. The molecule has 0 saturated carbocycles. The monoisotopic (exact) mass is 250 g/mol. The van der Waals surface area contributed by atoms with Crippen LogP contribution in [0.5, 0.6) is 0 Å². The second-order valence-corrected chi connectivity index (χ2v) is 4.33. The maximum atomic E-state index is 11.8. The summed E-state index contributed by atoms with van der Waals surface area (Å²) >= 11 is 0. The molecule has 0 bridgehead atoms. The molecule has 0 aliphatic carbocycles. The van der Waals surface area contributed by atoms with Gasteiger partial charge in [0.2, 0.25) is 5.91 Å². The molecule has 0 unspecified atom stereocenters. The topological polar surface area (TPSA) is 81.4 Å². The van der Waals surface area contributed by atoms with E-state index in [1.807, 2.05) is 13.8 Å². The molecule has 0 fully saturated rings. The fourth-order valence-corrected chi connectivity index (χ4v) is 1.37. The predicted molar refractivity (Wildman–Crippen MR) is 69.2 cm³/mol. The summed E-state index contributed by atoms with van der Waals surface area (Å²) in [7, 11) is 1.31. The van der Waals surface area contributed by atoms with Crippen molar-refractivity contribution in [3.63, 3.8) is 0 Å². The van der Waals surface area contributed by atoms with E-state index < -0.39 is 12.0 Å². The van der Waals surface area contributed by atoms with Crippen molar-refractivity contribution in [1.29, 1.82) is 0 Å². The highest BCUT2D eigenvalue weighted by atomic mass is 16.5. The Kier molecular flexibility index (Phi) is 4.85. The first-order valence-corrected chi connectivity index (χ1v) is 5.70. The number of anilines is 1. The minimum Gasteiger partial charge on any atom is -0.465 e. The number of hydrogen-bond acceptors (Lipinski definition) is 4. The largest absolute Gasteiger partial charge is 0.465 e. The molecule has 98 valence electrons. The van der Waals surface area contributed by atoms with Crippen molar-refractivity contribution in [2.24, 2.45) is 11.7 Å². The summed E-state index contributed by atoms with van der Waals surface area (Å²) in [5.41, 5.74) is 6.64.